The number of rotatable bonds is 6. The van der Waals surface area contributed by atoms with Crippen molar-refractivity contribution in [3.63, 3.8) is 0 Å². The number of urea groups is 1. The van der Waals surface area contributed by atoms with Crippen molar-refractivity contribution in [1.82, 2.24) is 10.2 Å². The molecule has 152 valence electrons. The molecule has 0 unspecified atom stereocenters. The highest BCUT2D eigenvalue weighted by Gasteiger charge is 2.55. The monoisotopic (exact) mass is 398 g/mol. The molecule has 0 aromatic heterocycles. The molecule has 2 N–H and O–H groups in total. The second kappa shape index (κ2) is 7.63. The minimum atomic E-state index is -1.15. The Morgan fingerprint density at radius 1 is 1.17 bits per heavy atom. The molecular weight excluding hydrogens is 376 g/mol. The van der Waals surface area contributed by atoms with Gasteiger partial charge in [-0.3, -0.25) is 9.69 Å². The Morgan fingerprint density at radius 2 is 1.90 bits per heavy atom. The summed E-state index contributed by atoms with van der Waals surface area (Å²) in [4.78, 5) is 26.7. The van der Waals surface area contributed by atoms with Crippen LogP contribution in [-0.4, -0.2) is 54.9 Å². The third-order valence-corrected chi connectivity index (χ3v) is 5.15. The number of β-amino-alcohol motifs (C(OH)–C–C–N with tert-alkyl or cyclic N) is 1. The van der Waals surface area contributed by atoms with Gasteiger partial charge in [-0.1, -0.05) is 18.2 Å². The summed E-state index contributed by atoms with van der Waals surface area (Å²) in [5.74, 6) is 1.44. The molecule has 2 aromatic rings. The summed E-state index contributed by atoms with van der Waals surface area (Å²) in [6.07, 6.45) is -0.694. The SMILES string of the molecule is COc1ccc(OC[C@H](O)CN2C(=O)N[C@]3(CCOc4ccccc43)C2=O)cc1. The number of aliphatic hydroxyl groups is 1. The fourth-order valence-electron chi connectivity index (χ4n) is 3.67. The zero-order valence-electron chi connectivity index (χ0n) is 16.0. The van der Waals surface area contributed by atoms with Gasteiger partial charge in [0.25, 0.3) is 5.91 Å². The molecule has 0 radical (unpaired) electrons. The number of nitrogens with one attached hydrogen (secondary N) is 1. The van der Waals surface area contributed by atoms with Gasteiger partial charge in [0.2, 0.25) is 0 Å². The zero-order chi connectivity index (χ0) is 20.4. The number of carbonyl (C=O) groups excluding carboxylic acids is 2. The van der Waals surface area contributed by atoms with E-state index in [1.165, 1.54) is 0 Å². The molecule has 0 saturated carbocycles. The summed E-state index contributed by atoms with van der Waals surface area (Å²) in [5.41, 5.74) is -0.515. The van der Waals surface area contributed by atoms with Crippen LogP contribution in [0.15, 0.2) is 48.5 Å². The van der Waals surface area contributed by atoms with Crippen molar-refractivity contribution in [2.24, 2.45) is 0 Å². The lowest BCUT2D eigenvalue weighted by Crippen LogP contribution is -2.48. The Bertz CT molecular complexity index is 916. The van der Waals surface area contributed by atoms with Crippen LogP contribution in [0.25, 0.3) is 0 Å². The molecule has 1 fully saturated rings. The van der Waals surface area contributed by atoms with Gasteiger partial charge in [0, 0.05) is 12.0 Å². The van der Waals surface area contributed by atoms with E-state index >= 15 is 0 Å². The van der Waals surface area contributed by atoms with Gasteiger partial charge in [0.05, 0.1) is 20.3 Å². The highest BCUT2D eigenvalue weighted by Crippen LogP contribution is 2.40. The van der Waals surface area contributed by atoms with Crippen molar-refractivity contribution in [3.8, 4) is 17.2 Å². The molecular formula is C21H22N2O6. The smallest absolute Gasteiger partial charge is 0.325 e. The maximum absolute atomic E-state index is 13.2. The van der Waals surface area contributed by atoms with Crippen LogP contribution in [0.3, 0.4) is 0 Å². The van der Waals surface area contributed by atoms with E-state index < -0.39 is 17.7 Å². The van der Waals surface area contributed by atoms with E-state index in [2.05, 4.69) is 5.32 Å². The fraction of sp³-hybridized carbons (Fsp3) is 0.333. The van der Waals surface area contributed by atoms with E-state index in [1.54, 1.807) is 49.6 Å². The summed E-state index contributed by atoms with van der Waals surface area (Å²) in [6.45, 7) is 0.0989. The second-order valence-electron chi connectivity index (χ2n) is 6.99. The number of imide groups is 1. The molecule has 4 rings (SSSR count). The molecule has 2 atom stereocenters. The van der Waals surface area contributed by atoms with Crippen LogP contribution in [0.1, 0.15) is 12.0 Å². The third-order valence-electron chi connectivity index (χ3n) is 5.15. The number of methoxy groups -OCH3 is 1. The molecule has 2 aromatic carbocycles. The topological polar surface area (TPSA) is 97.3 Å². The summed E-state index contributed by atoms with van der Waals surface area (Å²) in [6, 6.07) is 13.5. The van der Waals surface area contributed by atoms with Gasteiger partial charge in [-0.25, -0.2) is 4.79 Å². The van der Waals surface area contributed by atoms with Gasteiger partial charge in [-0.15, -0.1) is 0 Å². The number of para-hydroxylation sites is 1. The largest absolute Gasteiger partial charge is 0.497 e. The van der Waals surface area contributed by atoms with Gasteiger partial charge in [-0.2, -0.15) is 0 Å². The lowest BCUT2D eigenvalue weighted by Gasteiger charge is -2.33. The number of ether oxygens (including phenoxy) is 3. The lowest BCUT2D eigenvalue weighted by molar-refractivity contribution is -0.133. The van der Waals surface area contributed by atoms with Gasteiger partial charge in [0.15, 0.2) is 5.54 Å². The molecule has 2 aliphatic rings. The number of fused-ring (bicyclic) bond motifs is 2. The minimum absolute atomic E-state index is 0.0594. The number of nitrogens with zero attached hydrogens (tertiary/aromatic N) is 1. The van der Waals surface area contributed by atoms with Crippen molar-refractivity contribution in [2.45, 2.75) is 18.1 Å². The Labute approximate surface area is 168 Å². The third kappa shape index (κ3) is 3.47. The van der Waals surface area contributed by atoms with Gasteiger partial charge >= 0.3 is 6.03 Å². The molecule has 1 spiro atoms. The molecule has 0 aliphatic carbocycles. The van der Waals surface area contributed by atoms with Crippen molar-refractivity contribution >= 4 is 11.9 Å². The summed E-state index contributed by atoms with van der Waals surface area (Å²) in [5, 5.41) is 13.1. The van der Waals surface area contributed by atoms with Gasteiger partial charge in [0.1, 0.15) is 30.0 Å². The van der Waals surface area contributed by atoms with Crippen LogP contribution in [-0.2, 0) is 10.3 Å². The zero-order valence-corrected chi connectivity index (χ0v) is 16.0. The van der Waals surface area contributed by atoms with E-state index in [0.717, 1.165) is 4.90 Å². The standard InChI is InChI=1S/C21H22N2O6/c1-27-15-6-8-16(9-7-15)29-13-14(24)12-23-19(25)21(22-20(23)26)10-11-28-18-5-3-2-4-17(18)21/h2-9,14,24H,10-13H2,1H3,(H,22,26)/t14-,21+/m1/s1. The molecule has 1 saturated heterocycles. The summed E-state index contributed by atoms with van der Waals surface area (Å²) in [7, 11) is 1.57. The predicted molar refractivity (Wildman–Crippen MR) is 103 cm³/mol. The normalized spacial score (nSPS) is 21.4. The fourth-order valence-corrected chi connectivity index (χ4v) is 3.67. The van der Waals surface area contributed by atoms with Crippen LogP contribution in [0, 0.1) is 0 Å². The number of benzene rings is 2. The number of amides is 3. The van der Waals surface area contributed by atoms with E-state index in [-0.39, 0.29) is 19.1 Å². The average molecular weight is 398 g/mol. The van der Waals surface area contributed by atoms with Gasteiger partial charge in [-0.05, 0) is 30.3 Å². The van der Waals surface area contributed by atoms with Crippen LogP contribution < -0.4 is 19.5 Å². The number of hydrogen-bond acceptors (Lipinski definition) is 6. The van der Waals surface area contributed by atoms with E-state index in [4.69, 9.17) is 14.2 Å². The first-order valence-electron chi connectivity index (χ1n) is 9.35. The Kier molecular flexibility index (Phi) is 5.02. The maximum atomic E-state index is 13.2. The maximum Gasteiger partial charge on any atom is 0.325 e. The first kappa shape index (κ1) is 19.1. The van der Waals surface area contributed by atoms with Crippen LogP contribution in [0.5, 0.6) is 17.2 Å². The number of aliphatic hydroxyl groups excluding tert-OH is 1. The highest BCUT2D eigenvalue weighted by atomic mass is 16.5. The molecule has 3 amide bonds. The first-order valence-corrected chi connectivity index (χ1v) is 9.35. The minimum Gasteiger partial charge on any atom is -0.497 e. The quantitative estimate of drug-likeness (QED) is 0.719. The number of carbonyl (C=O) groups is 2. The Balaban J connectivity index is 1.43. The van der Waals surface area contributed by atoms with Crippen LogP contribution >= 0.6 is 0 Å². The van der Waals surface area contributed by atoms with Crippen molar-refractivity contribution < 1.29 is 28.9 Å². The van der Waals surface area contributed by atoms with Crippen LogP contribution in [0.4, 0.5) is 4.79 Å². The molecule has 2 heterocycles. The molecule has 0 bridgehead atoms. The lowest BCUT2D eigenvalue weighted by atomic mass is 9.84. The van der Waals surface area contributed by atoms with Crippen molar-refractivity contribution in [2.75, 3.05) is 26.9 Å². The predicted octanol–water partition coefficient (Wildman–Crippen LogP) is 1.66. The summed E-state index contributed by atoms with van der Waals surface area (Å²) >= 11 is 0. The van der Waals surface area contributed by atoms with Crippen molar-refractivity contribution in [3.05, 3.63) is 54.1 Å². The Hall–Kier alpha value is -3.26. The summed E-state index contributed by atoms with van der Waals surface area (Å²) < 4.78 is 16.2. The number of hydrogen-bond donors (Lipinski definition) is 2. The van der Waals surface area contributed by atoms with E-state index in [9.17, 15) is 14.7 Å². The molecule has 29 heavy (non-hydrogen) atoms. The molecule has 2 aliphatic heterocycles. The van der Waals surface area contributed by atoms with E-state index in [0.29, 0.717) is 35.8 Å². The Morgan fingerprint density at radius 3 is 2.66 bits per heavy atom. The van der Waals surface area contributed by atoms with Crippen molar-refractivity contribution in [1.29, 1.82) is 0 Å². The highest BCUT2D eigenvalue weighted by molar-refractivity contribution is 6.08. The molecule has 8 nitrogen and oxygen atoms in total. The molecule has 8 heteroatoms. The second-order valence-corrected chi connectivity index (χ2v) is 6.99. The first-order chi connectivity index (χ1) is 14.0. The van der Waals surface area contributed by atoms with Crippen LogP contribution in [0.2, 0.25) is 0 Å². The average Bonchev–Trinajstić information content (AvgIpc) is 2.97. The van der Waals surface area contributed by atoms with Gasteiger partial charge < -0.3 is 24.6 Å². The van der Waals surface area contributed by atoms with E-state index in [1.807, 2.05) is 6.07 Å².